The fourth-order valence-electron chi connectivity index (χ4n) is 2.39. The molecule has 96 valence electrons. The molecule has 0 N–H and O–H groups in total. The summed E-state index contributed by atoms with van der Waals surface area (Å²) in [6, 6.07) is 15.9. The average Bonchev–Trinajstić information content (AvgIpc) is 2.77. The van der Waals surface area contributed by atoms with Gasteiger partial charge in [-0.2, -0.15) is 0 Å². The highest BCUT2D eigenvalue weighted by atomic mass is 16.2. The predicted molar refractivity (Wildman–Crippen MR) is 77.7 cm³/mol. The molecular formula is C16H16N2O. The van der Waals surface area contributed by atoms with Gasteiger partial charge in [0.2, 0.25) is 0 Å². The lowest BCUT2D eigenvalue weighted by Gasteiger charge is -2.18. The Bertz CT molecular complexity index is 617. The van der Waals surface area contributed by atoms with Gasteiger partial charge in [0.25, 0.3) is 5.91 Å². The number of hydrogen-bond donors (Lipinski definition) is 0. The molecule has 19 heavy (non-hydrogen) atoms. The predicted octanol–water partition coefficient (Wildman–Crippen LogP) is 2.91. The molecule has 0 aliphatic carbocycles. The lowest BCUT2D eigenvalue weighted by molar-refractivity contribution is 0.0996. The van der Waals surface area contributed by atoms with E-state index in [-0.39, 0.29) is 5.91 Å². The third kappa shape index (κ3) is 1.97. The Kier molecular flexibility index (Phi) is 2.75. The van der Waals surface area contributed by atoms with Crippen LogP contribution in [0.5, 0.6) is 0 Å². The molecule has 2 aromatic carbocycles. The van der Waals surface area contributed by atoms with E-state index in [1.807, 2.05) is 72.4 Å². The number of carbonyl (C=O) groups is 1. The Morgan fingerprint density at radius 2 is 1.68 bits per heavy atom. The Balaban J connectivity index is 1.91. The van der Waals surface area contributed by atoms with Crippen LogP contribution in [0.4, 0.5) is 11.4 Å². The second kappa shape index (κ2) is 4.43. The molecule has 0 fully saturated rings. The van der Waals surface area contributed by atoms with E-state index in [4.69, 9.17) is 0 Å². The highest BCUT2D eigenvalue weighted by Crippen LogP contribution is 2.29. The molecule has 3 heteroatoms. The van der Waals surface area contributed by atoms with Crippen LogP contribution in [0.1, 0.15) is 15.9 Å². The highest BCUT2D eigenvalue weighted by Gasteiger charge is 2.27. The minimum Gasteiger partial charge on any atom is -0.378 e. The molecule has 1 heterocycles. The van der Waals surface area contributed by atoms with Crippen molar-refractivity contribution < 1.29 is 4.79 Å². The zero-order valence-corrected chi connectivity index (χ0v) is 11.1. The van der Waals surface area contributed by atoms with Gasteiger partial charge in [-0.3, -0.25) is 4.79 Å². The molecule has 1 aliphatic rings. The van der Waals surface area contributed by atoms with E-state index in [0.29, 0.717) is 6.54 Å². The highest BCUT2D eigenvalue weighted by molar-refractivity contribution is 6.10. The first-order chi connectivity index (χ1) is 9.16. The molecule has 0 bridgehead atoms. The van der Waals surface area contributed by atoms with Crippen LogP contribution in [-0.4, -0.2) is 20.0 Å². The lowest BCUT2D eigenvalue weighted by atomic mass is 10.1. The number of hydrogen-bond acceptors (Lipinski definition) is 2. The van der Waals surface area contributed by atoms with Gasteiger partial charge in [-0.25, -0.2) is 0 Å². The summed E-state index contributed by atoms with van der Waals surface area (Å²) >= 11 is 0. The third-order valence-electron chi connectivity index (χ3n) is 3.50. The van der Waals surface area contributed by atoms with Crippen molar-refractivity contribution in [3.05, 3.63) is 59.7 Å². The molecule has 1 amide bonds. The van der Waals surface area contributed by atoms with Crippen molar-refractivity contribution in [3.8, 4) is 0 Å². The van der Waals surface area contributed by atoms with Gasteiger partial charge in [0.05, 0.1) is 6.54 Å². The first-order valence-corrected chi connectivity index (χ1v) is 6.34. The molecule has 3 nitrogen and oxygen atoms in total. The van der Waals surface area contributed by atoms with Crippen LogP contribution in [-0.2, 0) is 6.54 Å². The molecule has 2 aromatic rings. The van der Waals surface area contributed by atoms with Gasteiger partial charge in [0.1, 0.15) is 0 Å². The Labute approximate surface area is 113 Å². The van der Waals surface area contributed by atoms with Crippen molar-refractivity contribution in [2.75, 3.05) is 23.9 Å². The summed E-state index contributed by atoms with van der Waals surface area (Å²) in [5, 5.41) is 0. The smallest absolute Gasteiger partial charge is 0.258 e. The number of anilines is 2. The molecule has 0 saturated heterocycles. The number of fused-ring (bicyclic) bond motifs is 1. The van der Waals surface area contributed by atoms with Crippen molar-refractivity contribution in [2.24, 2.45) is 0 Å². The summed E-state index contributed by atoms with van der Waals surface area (Å²) in [4.78, 5) is 16.2. The van der Waals surface area contributed by atoms with Crippen molar-refractivity contribution in [1.82, 2.24) is 0 Å². The van der Waals surface area contributed by atoms with Crippen LogP contribution in [0.2, 0.25) is 0 Å². The molecule has 3 rings (SSSR count). The normalized spacial score (nSPS) is 13.6. The van der Waals surface area contributed by atoms with E-state index in [1.54, 1.807) is 0 Å². The third-order valence-corrected chi connectivity index (χ3v) is 3.50. The summed E-state index contributed by atoms with van der Waals surface area (Å²) < 4.78 is 0. The maximum absolute atomic E-state index is 12.3. The minimum absolute atomic E-state index is 0.0909. The average molecular weight is 252 g/mol. The summed E-state index contributed by atoms with van der Waals surface area (Å²) in [5.74, 6) is 0.0909. The summed E-state index contributed by atoms with van der Waals surface area (Å²) in [6.07, 6.45) is 0. The molecule has 0 atom stereocenters. The van der Waals surface area contributed by atoms with Crippen LogP contribution in [0.25, 0.3) is 0 Å². The molecular weight excluding hydrogens is 236 g/mol. The second-order valence-corrected chi connectivity index (χ2v) is 4.96. The van der Waals surface area contributed by atoms with Gasteiger partial charge < -0.3 is 9.80 Å². The zero-order valence-electron chi connectivity index (χ0n) is 11.1. The standard InChI is InChI=1S/C16H16N2O/c1-17(2)13-7-9-14(10-8-13)18-11-12-5-3-4-6-15(12)16(18)19/h3-10H,11H2,1-2H3. The van der Waals surface area contributed by atoms with Crippen LogP contribution >= 0.6 is 0 Å². The first-order valence-electron chi connectivity index (χ1n) is 6.34. The number of carbonyl (C=O) groups excluding carboxylic acids is 1. The summed E-state index contributed by atoms with van der Waals surface area (Å²) in [7, 11) is 4.01. The van der Waals surface area contributed by atoms with E-state index in [9.17, 15) is 4.79 Å². The molecule has 0 aromatic heterocycles. The maximum atomic E-state index is 12.3. The van der Waals surface area contributed by atoms with E-state index in [2.05, 4.69) is 0 Å². The number of nitrogens with zero attached hydrogens (tertiary/aromatic N) is 2. The van der Waals surface area contributed by atoms with Gasteiger partial charge in [-0.05, 0) is 35.9 Å². The monoisotopic (exact) mass is 252 g/mol. The topological polar surface area (TPSA) is 23.6 Å². The largest absolute Gasteiger partial charge is 0.378 e. The van der Waals surface area contributed by atoms with Gasteiger partial charge >= 0.3 is 0 Å². The van der Waals surface area contributed by atoms with Crippen molar-refractivity contribution in [3.63, 3.8) is 0 Å². The molecule has 0 radical (unpaired) electrons. The van der Waals surface area contributed by atoms with Gasteiger partial charge in [0, 0.05) is 31.0 Å². The number of benzene rings is 2. The van der Waals surface area contributed by atoms with Crippen LogP contribution in [0.3, 0.4) is 0 Å². The van der Waals surface area contributed by atoms with E-state index in [1.165, 1.54) is 0 Å². The lowest BCUT2D eigenvalue weighted by Crippen LogP contribution is -2.23. The summed E-state index contributed by atoms with van der Waals surface area (Å²) in [5.41, 5.74) is 4.00. The first kappa shape index (κ1) is 11.8. The fourth-order valence-corrected chi connectivity index (χ4v) is 2.39. The van der Waals surface area contributed by atoms with Crippen LogP contribution < -0.4 is 9.80 Å². The van der Waals surface area contributed by atoms with Crippen LogP contribution in [0, 0.1) is 0 Å². The molecule has 0 spiro atoms. The second-order valence-electron chi connectivity index (χ2n) is 4.96. The Morgan fingerprint density at radius 1 is 1.00 bits per heavy atom. The van der Waals surface area contributed by atoms with Crippen molar-refractivity contribution >= 4 is 17.3 Å². The molecule has 0 saturated carbocycles. The fraction of sp³-hybridized carbons (Fsp3) is 0.188. The van der Waals surface area contributed by atoms with E-state index < -0.39 is 0 Å². The number of amides is 1. The Morgan fingerprint density at radius 3 is 2.32 bits per heavy atom. The van der Waals surface area contributed by atoms with Crippen LogP contribution in [0.15, 0.2) is 48.5 Å². The van der Waals surface area contributed by atoms with Crippen molar-refractivity contribution in [1.29, 1.82) is 0 Å². The number of rotatable bonds is 2. The van der Waals surface area contributed by atoms with Crippen molar-refractivity contribution in [2.45, 2.75) is 6.54 Å². The summed E-state index contributed by atoms with van der Waals surface area (Å²) in [6.45, 7) is 0.663. The SMILES string of the molecule is CN(C)c1ccc(N2Cc3ccccc3C2=O)cc1. The van der Waals surface area contributed by atoms with E-state index >= 15 is 0 Å². The minimum atomic E-state index is 0.0909. The zero-order chi connectivity index (χ0) is 13.4. The maximum Gasteiger partial charge on any atom is 0.258 e. The molecule has 0 unspecified atom stereocenters. The Hall–Kier alpha value is -2.29. The van der Waals surface area contributed by atoms with Gasteiger partial charge in [-0.15, -0.1) is 0 Å². The van der Waals surface area contributed by atoms with E-state index in [0.717, 1.165) is 22.5 Å². The molecule has 1 aliphatic heterocycles. The van der Waals surface area contributed by atoms with Gasteiger partial charge in [-0.1, -0.05) is 18.2 Å². The van der Waals surface area contributed by atoms with Gasteiger partial charge in [0.15, 0.2) is 0 Å². The quantitative estimate of drug-likeness (QED) is 0.820.